The van der Waals surface area contributed by atoms with Crippen molar-refractivity contribution in [1.29, 1.82) is 0 Å². The molecule has 0 bridgehead atoms. The smallest absolute Gasteiger partial charge is 0.251 e. The average molecular weight is 260 g/mol. The molecule has 6 nitrogen and oxygen atoms in total. The summed E-state index contributed by atoms with van der Waals surface area (Å²) in [6, 6.07) is 5.63. The summed E-state index contributed by atoms with van der Waals surface area (Å²) in [5, 5.41) is 9.55. The van der Waals surface area contributed by atoms with Crippen molar-refractivity contribution in [2.24, 2.45) is 0 Å². The van der Waals surface area contributed by atoms with Crippen molar-refractivity contribution in [3.8, 4) is 0 Å². The molecule has 2 N–H and O–H groups in total. The van der Waals surface area contributed by atoms with Gasteiger partial charge in [0.15, 0.2) is 5.82 Å². The molecule has 0 unspecified atom stereocenters. The van der Waals surface area contributed by atoms with Gasteiger partial charge in [-0.2, -0.15) is 4.98 Å². The van der Waals surface area contributed by atoms with E-state index in [4.69, 9.17) is 0 Å². The molecule has 0 saturated carbocycles. The first-order valence-corrected chi connectivity index (χ1v) is 6.02. The number of anilines is 1. The van der Waals surface area contributed by atoms with E-state index >= 15 is 0 Å². The zero-order chi connectivity index (χ0) is 13.7. The first-order chi connectivity index (χ1) is 9.20. The number of amides is 1. The summed E-state index contributed by atoms with van der Waals surface area (Å²) < 4.78 is 4.62. The molecule has 0 atom stereocenters. The molecule has 1 aromatic carbocycles. The van der Waals surface area contributed by atoms with Crippen LogP contribution in [0.5, 0.6) is 0 Å². The zero-order valence-corrected chi connectivity index (χ0v) is 10.9. The number of rotatable bonds is 5. The van der Waals surface area contributed by atoms with Crippen LogP contribution in [0.15, 0.2) is 29.1 Å². The minimum Gasteiger partial charge on any atom is -0.388 e. The largest absolute Gasteiger partial charge is 0.388 e. The minimum atomic E-state index is -0.0938. The Morgan fingerprint density at radius 1 is 1.42 bits per heavy atom. The van der Waals surface area contributed by atoms with Crippen molar-refractivity contribution < 1.29 is 9.32 Å². The van der Waals surface area contributed by atoms with Gasteiger partial charge < -0.3 is 15.2 Å². The van der Waals surface area contributed by atoms with Gasteiger partial charge in [-0.3, -0.25) is 4.79 Å². The van der Waals surface area contributed by atoms with E-state index in [-0.39, 0.29) is 5.91 Å². The Labute approximate surface area is 111 Å². The lowest BCUT2D eigenvalue weighted by Crippen LogP contribution is -2.26. The van der Waals surface area contributed by atoms with E-state index in [0.717, 1.165) is 11.3 Å². The molecule has 0 saturated heterocycles. The fraction of sp³-hybridized carbons (Fsp3) is 0.308. The van der Waals surface area contributed by atoms with Crippen molar-refractivity contribution >= 4 is 11.6 Å². The SMILES string of the molecule is CNc1ccc(C(=O)NCCc2ncon2)c(C)c1. The number of hydrogen-bond donors (Lipinski definition) is 2. The van der Waals surface area contributed by atoms with Gasteiger partial charge in [0.1, 0.15) is 0 Å². The van der Waals surface area contributed by atoms with Gasteiger partial charge in [-0.05, 0) is 30.7 Å². The topological polar surface area (TPSA) is 80.0 Å². The fourth-order valence-corrected chi connectivity index (χ4v) is 1.76. The lowest BCUT2D eigenvalue weighted by atomic mass is 10.1. The molecule has 0 aliphatic heterocycles. The number of carbonyl (C=O) groups is 1. The van der Waals surface area contributed by atoms with Gasteiger partial charge in [-0.15, -0.1) is 0 Å². The van der Waals surface area contributed by atoms with E-state index in [0.29, 0.717) is 24.4 Å². The number of carbonyl (C=O) groups excluding carboxylic acids is 1. The maximum atomic E-state index is 12.0. The second-order valence-electron chi connectivity index (χ2n) is 4.13. The standard InChI is InChI=1S/C13H16N4O2/c1-9-7-10(14-2)3-4-11(9)13(18)15-6-5-12-16-8-19-17-12/h3-4,7-8,14H,5-6H2,1-2H3,(H,15,18). The Morgan fingerprint density at radius 2 is 2.26 bits per heavy atom. The highest BCUT2D eigenvalue weighted by Gasteiger charge is 2.09. The van der Waals surface area contributed by atoms with E-state index in [1.54, 1.807) is 0 Å². The normalized spacial score (nSPS) is 10.2. The maximum Gasteiger partial charge on any atom is 0.251 e. The molecular weight excluding hydrogens is 244 g/mol. The van der Waals surface area contributed by atoms with Crippen LogP contribution in [0.4, 0.5) is 5.69 Å². The third-order valence-electron chi connectivity index (χ3n) is 2.80. The molecule has 1 aromatic heterocycles. The van der Waals surface area contributed by atoms with Gasteiger partial charge in [0.2, 0.25) is 6.39 Å². The van der Waals surface area contributed by atoms with Crippen LogP contribution >= 0.6 is 0 Å². The molecule has 2 rings (SSSR count). The molecular formula is C13H16N4O2. The second kappa shape index (κ2) is 5.99. The highest BCUT2D eigenvalue weighted by Crippen LogP contribution is 2.14. The van der Waals surface area contributed by atoms with Gasteiger partial charge in [-0.1, -0.05) is 5.16 Å². The van der Waals surface area contributed by atoms with Gasteiger partial charge in [-0.25, -0.2) is 0 Å². The number of nitrogens with zero attached hydrogens (tertiary/aromatic N) is 2. The molecule has 0 spiro atoms. The predicted molar refractivity (Wildman–Crippen MR) is 71.1 cm³/mol. The third-order valence-corrected chi connectivity index (χ3v) is 2.80. The van der Waals surface area contributed by atoms with Crippen LogP contribution < -0.4 is 10.6 Å². The van der Waals surface area contributed by atoms with Crippen LogP contribution in [0.25, 0.3) is 0 Å². The van der Waals surface area contributed by atoms with Crippen LogP contribution in [0.2, 0.25) is 0 Å². The van der Waals surface area contributed by atoms with Crippen molar-refractivity contribution in [1.82, 2.24) is 15.5 Å². The van der Waals surface area contributed by atoms with Gasteiger partial charge in [0.25, 0.3) is 5.91 Å². The number of hydrogen-bond acceptors (Lipinski definition) is 5. The highest BCUT2D eigenvalue weighted by atomic mass is 16.5. The lowest BCUT2D eigenvalue weighted by Gasteiger charge is -2.08. The molecule has 19 heavy (non-hydrogen) atoms. The summed E-state index contributed by atoms with van der Waals surface area (Å²) >= 11 is 0. The number of aromatic nitrogens is 2. The van der Waals surface area contributed by atoms with Crippen LogP contribution in [0.3, 0.4) is 0 Å². The highest BCUT2D eigenvalue weighted by molar-refractivity contribution is 5.96. The quantitative estimate of drug-likeness (QED) is 0.849. The first kappa shape index (κ1) is 13.1. The average Bonchev–Trinajstić information content (AvgIpc) is 2.91. The Morgan fingerprint density at radius 3 is 2.89 bits per heavy atom. The van der Waals surface area contributed by atoms with Gasteiger partial charge in [0, 0.05) is 31.3 Å². The molecule has 0 aliphatic rings. The van der Waals surface area contributed by atoms with E-state index in [1.165, 1.54) is 6.39 Å². The van der Waals surface area contributed by atoms with E-state index < -0.39 is 0 Å². The van der Waals surface area contributed by atoms with Crippen molar-refractivity contribution in [2.75, 3.05) is 18.9 Å². The molecule has 1 heterocycles. The summed E-state index contributed by atoms with van der Waals surface area (Å²) in [6.45, 7) is 2.39. The molecule has 2 aromatic rings. The lowest BCUT2D eigenvalue weighted by molar-refractivity contribution is 0.0953. The Kier molecular flexibility index (Phi) is 4.12. The number of nitrogens with one attached hydrogen (secondary N) is 2. The summed E-state index contributed by atoms with van der Waals surface area (Å²) in [5.41, 5.74) is 2.59. The zero-order valence-electron chi connectivity index (χ0n) is 10.9. The fourth-order valence-electron chi connectivity index (χ4n) is 1.76. The number of benzene rings is 1. The first-order valence-electron chi connectivity index (χ1n) is 6.02. The van der Waals surface area contributed by atoms with Gasteiger partial charge in [0.05, 0.1) is 0 Å². The van der Waals surface area contributed by atoms with Crippen LogP contribution in [0.1, 0.15) is 21.7 Å². The van der Waals surface area contributed by atoms with Crippen molar-refractivity contribution in [3.63, 3.8) is 0 Å². The summed E-state index contributed by atoms with van der Waals surface area (Å²) in [7, 11) is 1.85. The molecule has 0 radical (unpaired) electrons. The van der Waals surface area contributed by atoms with E-state index in [1.807, 2.05) is 32.2 Å². The van der Waals surface area contributed by atoms with Crippen LogP contribution in [0, 0.1) is 6.92 Å². The Balaban J connectivity index is 1.92. The molecule has 0 aliphatic carbocycles. The summed E-state index contributed by atoms with van der Waals surface area (Å²) in [4.78, 5) is 15.9. The number of aryl methyl sites for hydroxylation is 1. The molecule has 100 valence electrons. The van der Waals surface area contributed by atoms with Gasteiger partial charge >= 0.3 is 0 Å². The summed E-state index contributed by atoms with van der Waals surface area (Å²) in [5.74, 6) is 0.492. The third kappa shape index (κ3) is 3.31. The van der Waals surface area contributed by atoms with Crippen molar-refractivity contribution in [3.05, 3.63) is 41.5 Å². The van der Waals surface area contributed by atoms with E-state index in [9.17, 15) is 4.79 Å². The molecule has 6 heteroatoms. The minimum absolute atomic E-state index is 0.0938. The predicted octanol–water partition coefficient (Wildman–Crippen LogP) is 1.39. The monoisotopic (exact) mass is 260 g/mol. The second-order valence-corrected chi connectivity index (χ2v) is 4.13. The maximum absolute atomic E-state index is 12.0. The Bertz CT molecular complexity index is 552. The molecule has 1 amide bonds. The Hall–Kier alpha value is -2.37. The molecule has 0 fully saturated rings. The van der Waals surface area contributed by atoms with Crippen molar-refractivity contribution in [2.45, 2.75) is 13.3 Å². The van der Waals surface area contributed by atoms with Crippen LogP contribution in [-0.2, 0) is 6.42 Å². The van der Waals surface area contributed by atoms with Crippen LogP contribution in [-0.4, -0.2) is 29.6 Å². The van der Waals surface area contributed by atoms with E-state index in [2.05, 4.69) is 25.3 Å². The summed E-state index contributed by atoms with van der Waals surface area (Å²) in [6.07, 6.45) is 1.83.